The van der Waals surface area contributed by atoms with Crippen molar-refractivity contribution >= 4 is 16.8 Å². The summed E-state index contributed by atoms with van der Waals surface area (Å²) in [5, 5.41) is 19.5. The number of methoxy groups -OCH3 is 1. The standard InChI is InChI=1S/C22H27N5O3/c1-26(22(8-9-22)13-30-2)21(29)19-15-12-27(10-7-17(15)24-25-19)20(28)18-11-14-5-3-4-6-16(14)23-18/h3-6,11,20,23,28H,7-10,12-13H2,1-2H3,(H,24,25). The number of ether oxygens (including phenoxy) is 1. The summed E-state index contributed by atoms with van der Waals surface area (Å²) in [7, 11) is 3.49. The highest BCUT2D eigenvalue weighted by Crippen LogP contribution is 2.42. The molecule has 2 aliphatic rings. The average Bonchev–Trinajstić information content (AvgIpc) is 3.23. The number of hydrogen-bond acceptors (Lipinski definition) is 5. The highest BCUT2D eigenvalue weighted by molar-refractivity contribution is 5.94. The molecule has 1 amide bonds. The fourth-order valence-electron chi connectivity index (χ4n) is 4.50. The number of carbonyl (C=O) groups excluding carboxylic acids is 1. The second-order valence-corrected chi connectivity index (χ2v) is 8.46. The first-order valence-electron chi connectivity index (χ1n) is 10.4. The fourth-order valence-corrected chi connectivity index (χ4v) is 4.50. The van der Waals surface area contributed by atoms with Gasteiger partial charge in [0.25, 0.3) is 5.91 Å². The van der Waals surface area contributed by atoms with Crippen LogP contribution in [0.4, 0.5) is 0 Å². The Morgan fingerprint density at radius 1 is 1.40 bits per heavy atom. The Morgan fingerprint density at radius 2 is 2.20 bits per heavy atom. The van der Waals surface area contributed by atoms with Crippen LogP contribution in [0.3, 0.4) is 0 Å². The molecule has 30 heavy (non-hydrogen) atoms. The monoisotopic (exact) mass is 409 g/mol. The number of aliphatic hydroxyl groups excluding tert-OH is 1. The van der Waals surface area contributed by atoms with Gasteiger partial charge in [-0.1, -0.05) is 18.2 Å². The molecule has 5 rings (SSSR count). The van der Waals surface area contributed by atoms with E-state index in [0.29, 0.717) is 31.8 Å². The van der Waals surface area contributed by atoms with Crippen LogP contribution in [0.25, 0.3) is 10.9 Å². The molecule has 0 spiro atoms. The number of para-hydroxylation sites is 1. The molecule has 3 aromatic rings. The van der Waals surface area contributed by atoms with Crippen molar-refractivity contribution in [3.05, 3.63) is 53.0 Å². The summed E-state index contributed by atoms with van der Waals surface area (Å²) in [6.45, 7) is 1.68. The van der Waals surface area contributed by atoms with Gasteiger partial charge < -0.3 is 19.7 Å². The van der Waals surface area contributed by atoms with E-state index in [1.165, 1.54) is 0 Å². The van der Waals surface area contributed by atoms with Gasteiger partial charge in [-0.25, -0.2) is 0 Å². The van der Waals surface area contributed by atoms with Gasteiger partial charge in [0.2, 0.25) is 0 Å². The van der Waals surface area contributed by atoms with E-state index in [-0.39, 0.29) is 11.4 Å². The number of aliphatic hydroxyl groups is 1. The summed E-state index contributed by atoms with van der Waals surface area (Å²) in [6, 6.07) is 9.95. The van der Waals surface area contributed by atoms with E-state index in [9.17, 15) is 9.90 Å². The molecule has 1 fully saturated rings. The molecule has 8 heteroatoms. The molecule has 0 saturated heterocycles. The van der Waals surface area contributed by atoms with Crippen molar-refractivity contribution in [3.8, 4) is 0 Å². The van der Waals surface area contributed by atoms with Gasteiger partial charge in [0.1, 0.15) is 6.23 Å². The van der Waals surface area contributed by atoms with Crippen LogP contribution in [-0.2, 0) is 17.7 Å². The Bertz CT molecular complexity index is 1050. The summed E-state index contributed by atoms with van der Waals surface area (Å²) in [5.41, 5.74) is 3.84. The second-order valence-electron chi connectivity index (χ2n) is 8.46. The van der Waals surface area contributed by atoms with Gasteiger partial charge in [-0.3, -0.25) is 14.8 Å². The highest BCUT2D eigenvalue weighted by Gasteiger charge is 2.49. The molecule has 8 nitrogen and oxygen atoms in total. The first-order valence-corrected chi connectivity index (χ1v) is 10.4. The summed E-state index contributed by atoms with van der Waals surface area (Å²) >= 11 is 0. The van der Waals surface area contributed by atoms with E-state index in [0.717, 1.165) is 40.7 Å². The molecule has 0 bridgehead atoms. The molecular formula is C22H27N5O3. The van der Waals surface area contributed by atoms with Crippen molar-refractivity contribution in [2.75, 3.05) is 27.3 Å². The number of benzene rings is 1. The molecule has 2 aromatic heterocycles. The number of nitrogens with one attached hydrogen (secondary N) is 2. The number of carbonyl (C=O) groups is 1. The van der Waals surface area contributed by atoms with Gasteiger partial charge in [-0.15, -0.1) is 0 Å². The van der Waals surface area contributed by atoms with E-state index >= 15 is 0 Å². The van der Waals surface area contributed by atoms with Crippen LogP contribution < -0.4 is 0 Å². The van der Waals surface area contributed by atoms with Crippen LogP contribution >= 0.6 is 0 Å². The third kappa shape index (κ3) is 3.12. The molecule has 1 aliphatic heterocycles. The lowest BCUT2D eigenvalue weighted by Gasteiger charge is -2.31. The molecule has 1 unspecified atom stereocenters. The number of hydrogen-bond donors (Lipinski definition) is 3. The molecule has 0 radical (unpaired) electrons. The maximum Gasteiger partial charge on any atom is 0.274 e. The minimum atomic E-state index is -0.774. The Morgan fingerprint density at radius 3 is 2.93 bits per heavy atom. The van der Waals surface area contributed by atoms with Crippen LogP contribution in [-0.4, -0.2) is 68.8 Å². The zero-order valence-corrected chi connectivity index (χ0v) is 17.3. The van der Waals surface area contributed by atoms with Crippen LogP contribution in [0.1, 0.15) is 46.5 Å². The Balaban J connectivity index is 1.37. The number of H-pyrrole nitrogens is 2. The van der Waals surface area contributed by atoms with Crippen molar-refractivity contribution in [2.24, 2.45) is 0 Å². The van der Waals surface area contributed by atoms with Gasteiger partial charge >= 0.3 is 0 Å². The van der Waals surface area contributed by atoms with Crippen LogP contribution in [0.5, 0.6) is 0 Å². The third-order valence-corrected chi connectivity index (χ3v) is 6.60. The van der Waals surface area contributed by atoms with Gasteiger partial charge in [0.05, 0.1) is 17.8 Å². The van der Waals surface area contributed by atoms with Gasteiger partial charge in [-0.2, -0.15) is 5.10 Å². The maximum absolute atomic E-state index is 13.2. The largest absolute Gasteiger partial charge is 0.382 e. The molecule has 158 valence electrons. The Hall–Kier alpha value is -2.68. The second kappa shape index (κ2) is 7.23. The third-order valence-electron chi connectivity index (χ3n) is 6.60. The smallest absolute Gasteiger partial charge is 0.274 e. The first kappa shape index (κ1) is 19.3. The quantitative estimate of drug-likeness (QED) is 0.580. The molecule has 3 N–H and O–H groups in total. The number of aromatic nitrogens is 3. The zero-order chi connectivity index (χ0) is 20.9. The minimum absolute atomic E-state index is 0.0935. The van der Waals surface area contributed by atoms with Crippen LogP contribution in [0.2, 0.25) is 0 Å². The van der Waals surface area contributed by atoms with Crippen molar-refractivity contribution in [1.82, 2.24) is 25.0 Å². The van der Waals surface area contributed by atoms with Crippen LogP contribution in [0.15, 0.2) is 30.3 Å². The van der Waals surface area contributed by atoms with E-state index in [4.69, 9.17) is 4.74 Å². The van der Waals surface area contributed by atoms with Gasteiger partial charge in [0.15, 0.2) is 5.69 Å². The summed E-state index contributed by atoms with van der Waals surface area (Å²) < 4.78 is 5.33. The zero-order valence-electron chi connectivity index (χ0n) is 17.3. The average molecular weight is 409 g/mol. The van der Waals surface area contributed by atoms with Crippen molar-refractivity contribution in [3.63, 3.8) is 0 Å². The molecular weight excluding hydrogens is 382 g/mol. The van der Waals surface area contributed by atoms with E-state index in [2.05, 4.69) is 15.2 Å². The topological polar surface area (TPSA) is 97.5 Å². The maximum atomic E-state index is 13.2. The van der Waals surface area contributed by atoms with Gasteiger partial charge in [0, 0.05) is 50.4 Å². The van der Waals surface area contributed by atoms with E-state index in [1.54, 1.807) is 12.0 Å². The van der Waals surface area contributed by atoms with Crippen molar-refractivity contribution in [2.45, 2.75) is 37.6 Å². The lowest BCUT2D eigenvalue weighted by atomic mass is 10.0. The van der Waals surface area contributed by atoms with Crippen LogP contribution in [0, 0.1) is 0 Å². The number of aromatic amines is 2. The predicted molar refractivity (Wildman–Crippen MR) is 112 cm³/mol. The normalized spacial score (nSPS) is 18.9. The lowest BCUT2D eigenvalue weighted by molar-refractivity contribution is -0.0108. The minimum Gasteiger partial charge on any atom is -0.382 e. The lowest BCUT2D eigenvalue weighted by Crippen LogP contribution is -2.43. The molecule has 1 saturated carbocycles. The summed E-state index contributed by atoms with van der Waals surface area (Å²) in [4.78, 5) is 20.3. The molecule has 1 aliphatic carbocycles. The number of likely N-dealkylation sites (N-methyl/N-ethyl adjacent to an activating group) is 1. The molecule has 3 heterocycles. The van der Waals surface area contributed by atoms with Gasteiger partial charge in [-0.05, 0) is 30.4 Å². The summed E-state index contributed by atoms with van der Waals surface area (Å²) in [6.07, 6.45) is 1.83. The highest BCUT2D eigenvalue weighted by atomic mass is 16.5. The first-order chi connectivity index (χ1) is 14.5. The predicted octanol–water partition coefficient (Wildman–Crippen LogP) is 2.19. The fraction of sp³-hybridized carbons (Fsp3) is 0.455. The molecule has 1 atom stereocenters. The number of nitrogens with zero attached hydrogens (tertiary/aromatic N) is 3. The molecule has 1 aromatic carbocycles. The van der Waals surface area contributed by atoms with Crippen molar-refractivity contribution < 1.29 is 14.6 Å². The summed E-state index contributed by atoms with van der Waals surface area (Å²) in [5.74, 6) is -0.0935. The van der Waals surface area contributed by atoms with Crippen molar-refractivity contribution in [1.29, 1.82) is 0 Å². The number of rotatable bonds is 6. The Labute approximate surface area is 174 Å². The number of amides is 1. The van der Waals surface area contributed by atoms with E-state index in [1.807, 2.05) is 42.3 Å². The van der Waals surface area contributed by atoms with E-state index < -0.39 is 6.23 Å². The number of fused-ring (bicyclic) bond motifs is 2. The Kier molecular flexibility index (Phi) is 4.65. The SMILES string of the molecule is COCC1(N(C)C(=O)c2n[nH]c3c2CN(C(O)c2cc4ccccc4[nH]2)CC3)CC1.